The van der Waals surface area contributed by atoms with Crippen LogP contribution in [0.1, 0.15) is 32.6 Å². The Bertz CT molecular complexity index is 869. The van der Waals surface area contributed by atoms with Crippen molar-refractivity contribution < 1.29 is 23.3 Å². The number of hydrogen-bond acceptors (Lipinski definition) is 6. The average molecular weight is 341 g/mol. The van der Waals surface area contributed by atoms with E-state index in [2.05, 4.69) is 16.0 Å². The molecule has 0 fully saturated rings. The van der Waals surface area contributed by atoms with Gasteiger partial charge in [0, 0.05) is 6.07 Å². The van der Waals surface area contributed by atoms with Gasteiger partial charge in [-0.1, -0.05) is 23.4 Å². The number of carbonyl (C=O) groups excluding carboxylic acids is 2. The lowest BCUT2D eigenvalue weighted by molar-refractivity contribution is 0.0810. The molecule has 128 valence electrons. The van der Waals surface area contributed by atoms with Crippen molar-refractivity contribution in [1.82, 2.24) is 16.0 Å². The number of aryl methyl sites for hydroxylation is 1. The van der Waals surface area contributed by atoms with E-state index in [0.717, 1.165) is 0 Å². The summed E-state index contributed by atoms with van der Waals surface area (Å²) in [5, 5.41) is 3.59. The molecular formula is C17H15N3O5. The minimum absolute atomic E-state index is 0.00537. The second kappa shape index (κ2) is 7.35. The third-order valence-corrected chi connectivity index (χ3v) is 3.15. The van der Waals surface area contributed by atoms with E-state index in [0.29, 0.717) is 17.2 Å². The molecule has 8 heteroatoms. The molecular weight excluding hydrogens is 326 g/mol. The molecule has 0 aliphatic heterocycles. The zero-order chi connectivity index (χ0) is 17.6. The van der Waals surface area contributed by atoms with Crippen LogP contribution >= 0.6 is 0 Å². The monoisotopic (exact) mass is 341 g/mol. The van der Waals surface area contributed by atoms with Crippen LogP contribution in [-0.4, -0.2) is 17.0 Å². The summed E-state index contributed by atoms with van der Waals surface area (Å²) in [6.07, 6.45) is 0. The predicted octanol–water partition coefficient (Wildman–Crippen LogP) is 2.23. The van der Waals surface area contributed by atoms with Gasteiger partial charge in [-0.05, 0) is 31.2 Å². The Hall–Kier alpha value is -3.55. The summed E-state index contributed by atoms with van der Waals surface area (Å²) in [5.41, 5.74) is 5.01. The predicted molar refractivity (Wildman–Crippen MR) is 85.7 cm³/mol. The number of aromatic nitrogens is 1. The molecule has 3 aromatic rings. The van der Waals surface area contributed by atoms with Crippen molar-refractivity contribution in [3.8, 4) is 5.75 Å². The van der Waals surface area contributed by atoms with Crippen LogP contribution in [0, 0.1) is 6.92 Å². The van der Waals surface area contributed by atoms with E-state index in [9.17, 15) is 9.59 Å². The van der Waals surface area contributed by atoms with Gasteiger partial charge in [0.1, 0.15) is 18.1 Å². The van der Waals surface area contributed by atoms with E-state index in [1.807, 2.05) is 30.3 Å². The first-order valence-corrected chi connectivity index (χ1v) is 7.42. The number of amides is 2. The number of hydrogen-bond donors (Lipinski definition) is 2. The molecule has 0 spiro atoms. The van der Waals surface area contributed by atoms with E-state index in [1.165, 1.54) is 12.1 Å². The van der Waals surface area contributed by atoms with E-state index in [4.69, 9.17) is 13.7 Å². The molecule has 0 aliphatic rings. The zero-order valence-electron chi connectivity index (χ0n) is 13.3. The molecule has 8 nitrogen and oxygen atoms in total. The van der Waals surface area contributed by atoms with Gasteiger partial charge in [0.15, 0.2) is 5.76 Å². The lowest BCUT2D eigenvalue weighted by atomic mass is 10.3. The Kier molecular flexibility index (Phi) is 4.79. The van der Waals surface area contributed by atoms with Crippen LogP contribution in [0.3, 0.4) is 0 Å². The molecule has 0 bridgehead atoms. The number of ether oxygens (including phenoxy) is 1. The van der Waals surface area contributed by atoms with E-state index >= 15 is 0 Å². The second-order valence-electron chi connectivity index (χ2n) is 5.11. The van der Waals surface area contributed by atoms with Crippen molar-refractivity contribution in [2.75, 3.05) is 0 Å². The number of para-hydroxylation sites is 1. The van der Waals surface area contributed by atoms with Crippen molar-refractivity contribution >= 4 is 11.8 Å². The summed E-state index contributed by atoms with van der Waals surface area (Å²) >= 11 is 0. The van der Waals surface area contributed by atoms with Gasteiger partial charge in [-0.3, -0.25) is 20.4 Å². The van der Waals surface area contributed by atoms with Gasteiger partial charge in [0.05, 0.1) is 5.69 Å². The molecule has 25 heavy (non-hydrogen) atoms. The molecule has 2 aromatic heterocycles. The van der Waals surface area contributed by atoms with Gasteiger partial charge >= 0.3 is 11.8 Å². The Morgan fingerprint density at radius 3 is 2.44 bits per heavy atom. The number of hydrazine groups is 1. The fourth-order valence-electron chi connectivity index (χ4n) is 1.96. The number of furan rings is 1. The number of carbonyl (C=O) groups is 2. The van der Waals surface area contributed by atoms with Gasteiger partial charge in [-0.15, -0.1) is 0 Å². The zero-order valence-corrected chi connectivity index (χ0v) is 13.3. The van der Waals surface area contributed by atoms with Crippen LogP contribution in [0.25, 0.3) is 0 Å². The van der Waals surface area contributed by atoms with Crippen molar-refractivity contribution in [2.45, 2.75) is 13.5 Å². The Morgan fingerprint density at radius 1 is 1.04 bits per heavy atom. The fraction of sp³-hybridized carbons (Fsp3) is 0.118. The van der Waals surface area contributed by atoms with Crippen LogP contribution in [0.2, 0.25) is 0 Å². The highest BCUT2D eigenvalue weighted by Gasteiger charge is 2.15. The lowest BCUT2D eigenvalue weighted by Gasteiger charge is -2.04. The Morgan fingerprint density at radius 2 is 1.76 bits per heavy atom. The summed E-state index contributed by atoms with van der Waals surface area (Å²) in [6.45, 7) is 1.86. The first-order valence-electron chi connectivity index (χ1n) is 7.42. The Balaban J connectivity index is 1.51. The molecule has 1 aromatic carbocycles. The lowest BCUT2D eigenvalue weighted by Crippen LogP contribution is -2.41. The van der Waals surface area contributed by atoms with Gasteiger partial charge in [0.25, 0.3) is 0 Å². The number of benzene rings is 1. The molecule has 0 radical (unpaired) electrons. The van der Waals surface area contributed by atoms with Crippen molar-refractivity contribution in [3.05, 3.63) is 71.5 Å². The molecule has 3 rings (SSSR count). The standard InChI is InChI=1S/C17H15N3O5/c1-11-9-15(25-20-11)17(22)19-18-16(21)14-8-7-13(24-14)10-23-12-5-3-2-4-6-12/h2-9H,10H2,1H3,(H,18,21)(H,19,22). The van der Waals surface area contributed by atoms with Crippen LogP contribution < -0.4 is 15.6 Å². The second-order valence-corrected chi connectivity index (χ2v) is 5.11. The van der Waals surface area contributed by atoms with Gasteiger partial charge in [-0.2, -0.15) is 0 Å². The normalized spacial score (nSPS) is 10.3. The van der Waals surface area contributed by atoms with Crippen LogP contribution in [-0.2, 0) is 6.61 Å². The first-order chi connectivity index (χ1) is 12.1. The third kappa shape index (κ3) is 4.25. The van der Waals surface area contributed by atoms with Crippen molar-refractivity contribution in [1.29, 1.82) is 0 Å². The van der Waals surface area contributed by atoms with Crippen molar-refractivity contribution in [2.24, 2.45) is 0 Å². The van der Waals surface area contributed by atoms with Crippen molar-refractivity contribution in [3.63, 3.8) is 0 Å². The SMILES string of the molecule is Cc1cc(C(=O)NNC(=O)c2ccc(COc3ccccc3)o2)on1. The highest BCUT2D eigenvalue weighted by molar-refractivity contribution is 5.96. The Labute approximate surface area is 142 Å². The van der Waals surface area contributed by atoms with Crippen LogP contribution in [0.15, 0.2) is 57.5 Å². The summed E-state index contributed by atoms with van der Waals surface area (Å²) in [6, 6.07) is 13.8. The van der Waals surface area contributed by atoms with Crippen LogP contribution in [0.4, 0.5) is 0 Å². The molecule has 0 atom stereocenters. The number of nitrogens with one attached hydrogen (secondary N) is 2. The minimum Gasteiger partial charge on any atom is -0.486 e. The fourth-order valence-corrected chi connectivity index (χ4v) is 1.96. The smallest absolute Gasteiger partial charge is 0.308 e. The maximum Gasteiger partial charge on any atom is 0.308 e. The van der Waals surface area contributed by atoms with E-state index in [-0.39, 0.29) is 18.1 Å². The molecule has 2 N–H and O–H groups in total. The highest BCUT2D eigenvalue weighted by Crippen LogP contribution is 2.13. The largest absolute Gasteiger partial charge is 0.486 e. The van der Waals surface area contributed by atoms with Crippen LogP contribution in [0.5, 0.6) is 5.75 Å². The maximum atomic E-state index is 12.0. The van der Waals surface area contributed by atoms with E-state index < -0.39 is 11.8 Å². The quantitative estimate of drug-likeness (QED) is 0.689. The summed E-state index contributed by atoms with van der Waals surface area (Å²) in [4.78, 5) is 23.7. The van der Waals surface area contributed by atoms with E-state index in [1.54, 1.807) is 13.0 Å². The molecule has 0 unspecified atom stereocenters. The first kappa shape index (κ1) is 16.3. The topological polar surface area (TPSA) is 107 Å². The maximum absolute atomic E-state index is 12.0. The highest BCUT2D eigenvalue weighted by atomic mass is 16.5. The van der Waals surface area contributed by atoms with Gasteiger partial charge in [0.2, 0.25) is 5.76 Å². The van der Waals surface area contributed by atoms with Gasteiger partial charge in [-0.25, -0.2) is 0 Å². The molecule has 2 amide bonds. The molecule has 0 saturated carbocycles. The minimum atomic E-state index is -0.617. The summed E-state index contributed by atoms with van der Waals surface area (Å²) in [5.74, 6) is -0.00991. The number of nitrogens with zero attached hydrogens (tertiary/aromatic N) is 1. The average Bonchev–Trinajstić information content (AvgIpc) is 3.27. The molecule has 0 saturated heterocycles. The third-order valence-electron chi connectivity index (χ3n) is 3.15. The van der Waals surface area contributed by atoms with Gasteiger partial charge < -0.3 is 13.7 Å². The summed E-state index contributed by atoms with van der Waals surface area (Å²) in [7, 11) is 0. The molecule has 0 aliphatic carbocycles. The summed E-state index contributed by atoms with van der Waals surface area (Å²) < 4.78 is 15.7. The number of rotatable bonds is 5. The molecule has 2 heterocycles.